The average molecular weight is 305 g/mol. The molecule has 0 radical (unpaired) electrons. The molecule has 0 saturated carbocycles. The molecule has 1 aromatic rings. The van der Waals surface area contributed by atoms with Gasteiger partial charge in [0.25, 0.3) is 0 Å². The zero-order valence-corrected chi connectivity index (χ0v) is 14.0. The van der Waals surface area contributed by atoms with Crippen molar-refractivity contribution in [1.29, 1.82) is 0 Å². The molecule has 5 nitrogen and oxygen atoms in total. The number of nitrogens with one attached hydrogen (secondary N) is 1. The predicted octanol–water partition coefficient (Wildman–Crippen LogP) is 3.13. The van der Waals surface area contributed by atoms with Gasteiger partial charge in [0.2, 0.25) is 0 Å². The third kappa shape index (κ3) is 4.98. The number of piperidine rings is 1. The molecular formula is C17H27N3O2. The summed E-state index contributed by atoms with van der Waals surface area (Å²) >= 11 is 0. The third-order valence-corrected chi connectivity index (χ3v) is 3.91. The molecule has 1 fully saturated rings. The summed E-state index contributed by atoms with van der Waals surface area (Å²) in [5.74, 6) is 0. The Kier molecular flexibility index (Phi) is 5.40. The second-order valence-corrected chi connectivity index (χ2v) is 6.89. The first-order chi connectivity index (χ1) is 10.3. The van der Waals surface area contributed by atoms with Gasteiger partial charge < -0.3 is 10.1 Å². The highest BCUT2D eigenvalue weighted by atomic mass is 16.6. The van der Waals surface area contributed by atoms with Crippen molar-refractivity contribution >= 4 is 6.09 Å². The van der Waals surface area contributed by atoms with Crippen LogP contribution in [0.1, 0.15) is 52.3 Å². The number of likely N-dealkylation sites (tertiary alicyclic amines) is 1. The first-order valence-electron chi connectivity index (χ1n) is 7.99. The van der Waals surface area contributed by atoms with Crippen LogP contribution < -0.4 is 5.32 Å². The molecule has 1 aromatic heterocycles. The molecule has 1 N–H and O–H groups in total. The van der Waals surface area contributed by atoms with Crippen molar-refractivity contribution in [2.45, 2.75) is 58.2 Å². The number of alkyl carbamates (subject to hydrolysis) is 1. The summed E-state index contributed by atoms with van der Waals surface area (Å²) < 4.78 is 5.31. The van der Waals surface area contributed by atoms with Gasteiger partial charge in [0.05, 0.1) is 5.69 Å². The maximum Gasteiger partial charge on any atom is 0.407 e. The fraction of sp³-hybridized carbons (Fsp3) is 0.647. The first-order valence-corrected chi connectivity index (χ1v) is 7.99. The zero-order chi connectivity index (χ0) is 16.2. The van der Waals surface area contributed by atoms with E-state index in [2.05, 4.69) is 28.2 Å². The van der Waals surface area contributed by atoms with Crippen LogP contribution in [-0.2, 0) is 4.74 Å². The minimum atomic E-state index is -0.446. The lowest BCUT2D eigenvalue weighted by atomic mass is 10.0. The lowest BCUT2D eigenvalue weighted by Crippen LogP contribution is -2.46. The van der Waals surface area contributed by atoms with E-state index in [1.807, 2.05) is 39.1 Å². The number of carbonyl (C=O) groups excluding carboxylic acids is 1. The maximum absolute atomic E-state index is 11.8. The molecule has 1 amide bonds. The predicted molar refractivity (Wildman–Crippen MR) is 86.6 cm³/mol. The van der Waals surface area contributed by atoms with Gasteiger partial charge >= 0.3 is 6.09 Å². The van der Waals surface area contributed by atoms with E-state index in [1.165, 1.54) is 0 Å². The Balaban J connectivity index is 1.79. The van der Waals surface area contributed by atoms with E-state index >= 15 is 0 Å². The fourth-order valence-electron chi connectivity index (χ4n) is 2.72. The molecule has 1 atom stereocenters. The van der Waals surface area contributed by atoms with Gasteiger partial charge in [0.15, 0.2) is 0 Å². The second kappa shape index (κ2) is 7.09. The highest BCUT2D eigenvalue weighted by molar-refractivity contribution is 5.68. The summed E-state index contributed by atoms with van der Waals surface area (Å²) in [6, 6.07) is 6.53. The van der Waals surface area contributed by atoms with E-state index in [4.69, 9.17) is 4.74 Å². The molecule has 2 rings (SSSR count). The summed E-state index contributed by atoms with van der Waals surface area (Å²) in [6.45, 7) is 9.73. The van der Waals surface area contributed by atoms with Crippen LogP contribution in [0.3, 0.4) is 0 Å². The van der Waals surface area contributed by atoms with Gasteiger partial charge in [0.1, 0.15) is 5.60 Å². The largest absolute Gasteiger partial charge is 0.444 e. The maximum atomic E-state index is 11.8. The van der Waals surface area contributed by atoms with Crippen LogP contribution in [0, 0.1) is 0 Å². The minimum absolute atomic E-state index is 0.196. The number of carbonyl (C=O) groups is 1. The van der Waals surface area contributed by atoms with Gasteiger partial charge in [-0.05, 0) is 52.7 Å². The Morgan fingerprint density at radius 1 is 1.36 bits per heavy atom. The minimum Gasteiger partial charge on any atom is -0.444 e. The van der Waals surface area contributed by atoms with E-state index < -0.39 is 5.60 Å². The SMILES string of the molecule is C[C@H](c1ccccn1)N1CCC(NC(=O)OC(C)(C)C)CC1. The average Bonchev–Trinajstić information content (AvgIpc) is 2.46. The van der Waals surface area contributed by atoms with Crippen molar-refractivity contribution in [1.82, 2.24) is 15.2 Å². The van der Waals surface area contributed by atoms with E-state index in [0.717, 1.165) is 31.6 Å². The van der Waals surface area contributed by atoms with Crippen LogP contribution in [0.4, 0.5) is 4.79 Å². The normalized spacial score (nSPS) is 18.7. The van der Waals surface area contributed by atoms with E-state index in [9.17, 15) is 4.79 Å². The lowest BCUT2D eigenvalue weighted by Gasteiger charge is -2.36. The van der Waals surface area contributed by atoms with Gasteiger partial charge in [-0.25, -0.2) is 4.79 Å². The number of rotatable bonds is 3. The number of ether oxygens (including phenoxy) is 1. The number of amides is 1. The summed E-state index contributed by atoms with van der Waals surface area (Å²) in [5.41, 5.74) is 0.652. The Labute approximate surface area is 133 Å². The summed E-state index contributed by atoms with van der Waals surface area (Å²) in [7, 11) is 0. The standard InChI is InChI=1S/C17H27N3O2/c1-13(15-7-5-6-10-18-15)20-11-8-14(9-12-20)19-16(21)22-17(2,3)4/h5-7,10,13-14H,8-9,11-12H2,1-4H3,(H,19,21)/t13-/m1/s1. The molecule has 22 heavy (non-hydrogen) atoms. The van der Waals surface area contributed by atoms with Crippen molar-refractivity contribution < 1.29 is 9.53 Å². The number of hydrogen-bond donors (Lipinski definition) is 1. The topological polar surface area (TPSA) is 54.5 Å². The van der Waals surface area contributed by atoms with Gasteiger partial charge in [-0.15, -0.1) is 0 Å². The Morgan fingerprint density at radius 2 is 2.05 bits per heavy atom. The summed E-state index contributed by atoms with van der Waals surface area (Å²) in [6.07, 6.45) is 3.40. The van der Waals surface area contributed by atoms with Crippen molar-refractivity contribution in [3.05, 3.63) is 30.1 Å². The molecule has 2 heterocycles. The highest BCUT2D eigenvalue weighted by Gasteiger charge is 2.26. The van der Waals surface area contributed by atoms with E-state index in [0.29, 0.717) is 6.04 Å². The van der Waals surface area contributed by atoms with Crippen LogP contribution >= 0.6 is 0 Å². The van der Waals surface area contributed by atoms with Crippen molar-refractivity contribution in [3.63, 3.8) is 0 Å². The Morgan fingerprint density at radius 3 is 2.59 bits per heavy atom. The van der Waals surface area contributed by atoms with E-state index in [-0.39, 0.29) is 12.1 Å². The van der Waals surface area contributed by atoms with Crippen molar-refractivity contribution in [3.8, 4) is 0 Å². The summed E-state index contributed by atoms with van der Waals surface area (Å²) in [5, 5.41) is 2.97. The quantitative estimate of drug-likeness (QED) is 0.932. The van der Waals surface area contributed by atoms with Gasteiger partial charge in [-0.3, -0.25) is 9.88 Å². The molecule has 0 bridgehead atoms. The third-order valence-electron chi connectivity index (χ3n) is 3.91. The number of aromatic nitrogens is 1. The smallest absolute Gasteiger partial charge is 0.407 e. The molecule has 5 heteroatoms. The van der Waals surface area contributed by atoms with Crippen LogP contribution in [0.5, 0.6) is 0 Å². The molecule has 1 aliphatic rings. The Bertz CT molecular complexity index is 476. The lowest BCUT2D eigenvalue weighted by molar-refractivity contribution is 0.0469. The van der Waals surface area contributed by atoms with Crippen molar-refractivity contribution in [2.75, 3.05) is 13.1 Å². The number of hydrogen-bond acceptors (Lipinski definition) is 4. The molecule has 0 spiro atoms. The number of pyridine rings is 1. The van der Waals surface area contributed by atoms with Gasteiger partial charge in [0, 0.05) is 31.4 Å². The first kappa shape index (κ1) is 16.7. The summed E-state index contributed by atoms with van der Waals surface area (Å²) in [4.78, 5) is 18.6. The highest BCUT2D eigenvalue weighted by Crippen LogP contribution is 2.22. The molecule has 1 aliphatic heterocycles. The molecule has 1 saturated heterocycles. The number of nitrogens with zero attached hydrogens (tertiary/aromatic N) is 2. The molecule has 0 unspecified atom stereocenters. The van der Waals surface area contributed by atoms with E-state index in [1.54, 1.807) is 0 Å². The fourth-order valence-corrected chi connectivity index (χ4v) is 2.72. The Hall–Kier alpha value is -1.62. The molecular weight excluding hydrogens is 278 g/mol. The van der Waals surface area contributed by atoms with Crippen LogP contribution in [-0.4, -0.2) is 40.7 Å². The van der Waals surface area contributed by atoms with Gasteiger partial charge in [-0.2, -0.15) is 0 Å². The molecule has 122 valence electrons. The van der Waals surface area contributed by atoms with Crippen LogP contribution in [0.25, 0.3) is 0 Å². The second-order valence-electron chi connectivity index (χ2n) is 6.89. The molecule has 0 aliphatic carbocycles. The van der Waals surface area contributed by atoms with Gasteiger partial charge in [-0.1, -0.05) is 6.07 Å². The van der Waals surface area contributed by atoms with Crippen molar-refractivity contribution in [2.24, 2.45) is 0 Å². The van der Waals surface area contributed by atoms with Crippen LogP contribution in [0.2, 0.25) is 0 Å². The zero-order valence-electron chi connectivity index (χ0n) is 14.0. The van der Waals surface area contributed by atoms with Crippen LogP contribution in [0.15, 0.2) is 24.4 Å². The molecule has 0 aromatic carbocycles. The monoisotopic (exact) mass is 305 g/mol.